The SMILES string of the molecule is CCC(C)NC(=O)C(NC(=O)c1ccc(OC)cc1)C1CCN(S(=O)(=O)c2ccc(OC)cc2)CC1. The average molecular weight is 518 g/mol. The summed E-state index contributed by atoms with van der Waals surface area (Å²) in [4.78, 5) is 26.3. The lowest BCUT2D eigenvalue weighted by molar-refractivity contribution is -0.125. The number of carbonyl (C=O) groups is 2. The smallest absolute Gasteiger partial charge is 0.251 e. The van der Waals surface area contributed by atoms with Gasteiger partial charge in [0.2, 0.25) is 15.9 Å². The van der Waals surface area contributed by atoms with Gasteiger partial charge in [-0.3, -0.25) is 9.59 Å². The molecule has 2 aromatic rings. The Bertz CT molecular complexity index is 1130. The van der Waals surface area contributed by atoms with Gasteiger partial charge in [0.25, 0.3) is 5.91 Å². The summed E-state index contributed by atoms with van der Waals surface area (Å²) in [6.07, 6.45) is 1.64. The molecule has 0 saturated carbocycles. The summed E-state index contributed by atoms with van der Waals surface area (Å²) in [5.41, 5.74) is 0.414. The van der Waals surface area contributed by atoms with Crippen molar-refractivity contribution >= 4 is 21.8 Å². The lowest BCUT2D eigenvalue weighted by atomic mass is 9.89. The number of nitrogens with zero attached hydrogens (tertiary/aromatic N) is 1. The van der Waals surface area contributed by atoms with Gasteiger partial charge in [0.05, 0.1) is 19.1 Å². The molecule has 0 aliphatic carbocycles. The minimum atomic E-state index is -3.67. The maximum absolute atomic E-state index is 13.1. The van der Waals surface area contributed by atoms with Crippen molar-refractivity contribution in [2.45, 2.75) is 50.1 Å². The maximum atomic E-state index is 13.1. The van der Waals surface area contributed by atoms with Crippen molar-refractivity contribution in [2.75, 3.05) is 27.3 Å². The zero-order valence-electron chi connectivity index (χ0n) is 21.2. The van der Waals surface area contributed by atoms with Gasteiger partial charge in [0.15, 0.2) is 0 Å². The van der Waals surface area contributed by atoms with Crippen LogP contribution in [0.3, 0.4) is 0 Å². The average Bonchev–Trinajstić information content (AvgIpc) is 2.91. The number of hydrogen-bond donors (Lipinski definition) is 2. The van der Waals surface area contributed by atoms with Crippen LogP contribution in [0.5, 0.6) is 11.5 Å². The van der Waals surface area contributed by atoms with Crippen molar-refractivity contribution in [1.29, 1.82) is 0 Å². The normalized spacial score (nSPS) is 16.6. The molecule has 36 heavy (non-hydrogen) atoms. The van der Waals surface area contributed by atoms with Crippen LogP contribution in [0.1, 0.15) is 43.5 Å². The van der Waals surface area contributed by atoms with E-state index in [1.165, 1.54) is 23.5 Å². The summed E-state index contributed by atoms with van der Waals surface area (Å²) >= 11 is 0. The molecule has 1 heterocycles. The minimum Gasteiger partial charge on any atom is -0.497 e. The van der Waals surface area contributed by atoms with Gasteiger partial charge >= 0.3 is 0 Å². The predicted octanol–water partition coefficient (Wildman–Crippen LogP) is 2.82. The van der Waals surface area contributed by atoms with E-state index in [9.17, 15) is 18.0 Å². The molecular weight excluding hydrogens is 482 g/mol. The molecule has 0 spiro atoms. The number of amides is 2. The number of ether oxygens (including phenoxy) is 2. The van der Waals surface area contributed by atoms with E-state index in [2.05, 4.69) is 10.6 Å². The van der Waals surface area contributed by atoms with Crippen LogP contribution in [0.4, 0.5) is 0 Å². The number of hydrogen-bond acceptors (Lipinski definition) is 6. The molecule has 1 aliphatic heterocycles. The van der Waals surface area contributed by atoms with Crippen molar-refractivity contribution in [3.63, 3.8) is 0 Å². The molecule has 10 heteroatoms. The second-order valence-electron chi connectivity index (χ2n) is 8.91. The number of methoxy groups -OCH3 is 2. The number of benzene rings is 2. The first-order chi connectivity index (χ1) is 17.2. The highest BCUT2D eigenvalue weighted by molar-refractivity contribution is 7.89. The van der Waals surface area contributed by atoms with E-state index in [4.69, 9.17) is 9.47 Å². The summed E-state index contributed by atoms with van der Waals surface area (Å²) in [6.45, 7) is 4.39. The van der Waals surface area contributed by atoms with Gasteiger partial charge in [-0.1, -0.05) is 6.92 Å². The Morgan fingerprint density at radius 2 is 1.47 bits per heavy atom. The molecule has 2 N–H and O–H groups in total. The first-order valence-corrected chi connectivity index (χ1v) is 13.5. The van der Waals surface area contributed by atoms with Crippen LogP contribution < -0.4 is 20.1 Å². The Hall–Kier alpha value is -3.11. The molecule has 0 aromatic heterocycles. The molecule has 1 saturated heterocycles. The maximum Gasteiger partial charge on any atom is 0.251 e. The van der Waals surface area contributed by atoms with Crippen LogP contribution in [0.25, 0.3) is 0 Å². The fraction of sp³-hybridized carbons (Fsp3) is 0.462. The van der Waals surface area contributed by atoms with Crippen molar-refractivity contribution in [3.05, 3.63) is 54.1 Å². The molecule has 196 valence electrons. The summed E-state index contributed by atoms with van der Waals surface area (Å²) in [5.74, 6) is 0.370. The predicted molar refractivity (Wildman–Crippen MR) is 137 cm³/mol. The monoisotopic (exact) mass is 517 g/mol. The largest absolute Gasteiger partial charge is 0.497 e. The van der Waals surface area contributed by atoms with E-state index in [0.29, 0.717) is 29.9 Å². The third-order valence-corrected chi connectivity index (χ3v) is 8.50. The van der Waals surface area contributed by atoms with E-state index in [1.54, 1.807) is 43.5 Å². The molecule has 2 unspecified atom stereocenters. The van der Waals surface area contributed by atoms with Crippen molar-refractivity contribution < 1.29 is 27.5 Å². The Labute approximate surface area is 213 Å². The first kappa shape index (κ1) is 27.5. The Morgan fingerprint density at radius 3 is 1.97 bits per heavy atom. The zero-order chi connectivity index (χ0) is 26.3. The van der Waals surface area contributed by atoms with E-state index >= 15 is 0 Å². The van der Waals surface area contributed by atoms with Crippen molar-refractivity contribution in [3.8, 4) is 11.5 Å². The molecule has 1 fully saturated rings. The van der Waals surface area contributed by atoms with Crippen LogP contribution in [-0.4, -0.2) is 63.9 Å². The van der Waals surface area contributed by atoms with E-state index in [-0.39, 0.29) is 41.8 Å². The fourth-order valence-corrected chi connectivity index (χ4v) is 5.62. The number of piperidine rings is 1. The molecule has 0 radical (unpaired) electrons. The van der Waals surface area contributed by atoms with Gasteiger partial charge in [-0.2, -0.15) is 4.31 Å². The topological polar surface area (TPSA) is 114 Å². The Balaban J connectivity index is 1.73. The summed E-state index contributed by atoms with van der Waals surface area (Å²) in [5, 5.41) is 5.86. The van der Waals surface area contributed by atoms with Crippen LogP contribution in [0.2, 0.25) is 0 Å². The number of sulfonamides is 1. The standard InChI is InChI=1S/C26H35N3O6S/c1-5-18(2)27-26(31)24(28-25(30)20-6-8-21(34-3)9-7-20)19-14-16-29(17-15-19)36(32,33)23-12-10-22(35-4)11-13-23/h6-13,18-19,24H,5,14-17H2,1-4H3,(H,27,31)(H,28,30). The second-order valence-corrected chi connectivity index (χ2v) is 10.9. The lowest BCUT2D eigenvalue weighted by Gasteiger charge is -2.35. The summed E-state index contributed by atoms with van der Waals surface area (Å²) < 4.78 is 37.9. The van der Waals surface area contributed by atoms with Gasteiger partial charge in [0.1, 0.15) is 17.5 Å². The van der Waals surface area contributed by atoms with Gasteiger partial charge < -0.3 is 20.1 Å². The third-order valence-electron chi connectivity index (χ3n) is 6.59. The first-order valence-electron chi connectivity index (χ1n) is 12.1. The Kier molecular flexibility index (Phi) is 9.33. The Morgan fingerprint density at radius 1 is 0.944 bits per heavy atom. The van der Waals surface area contributed by atoms with Gasteiger partial charge in [0, 0.05) is 24.7 Å². The summed E-state index contributed by atoms with van der Waals surface area (Å²) in [6, 6.07) is 12.1. The molecule has 2 aromatic carbocycles. The zero-order valence-corrected chi connectivity index (χ0v) is 22.0. The van der Waals surface area contributed by atoms with Crippen LogP contribution in [-0.2, 0) is 14.8 Å². The molecule has 1 aliphatic rings. The third kappa shape index (κ3) is 6.55. The van der Waals surface area contributed by atoms with E-state index < -0.39 is 16.1 Å². The number of nitrogens with one attached hydrogen (secondary N) is 2. The summed E-state index contributed by atoms with van der Waals surface area (Å²) in [7, 11) is -0.603. The van der Waals surface area contributed by atoms with Gasteiger partial charge in [-0.15, -0.1) is 0 Å². The van der Waals surface area contributed by atoms with Gasteiger partial charge in [-0.25, -0.2) is 8.42 Å². The quantitative estimate of drug-likeness (QED) is 0.501. The van der Waals surface area contributed by atoms with Crippen LogP contribution in [0.15, 0.2) is 53.4 Å². The van der Waals surface area contributed by atoms with Crippen molar-refractivity contribution in [2.24, 2.45) is 5.92 Å². The van der Waals surface area contributed by atoms with Crippen LogP contribution in [0, 0.1) is 5.92 Å². The highest BCUT2D eigenvalue weighted by Gasteiger charge is 2.36. The highest BCUT2D eigenvalue weighted by Crippen LogP contribution is 2.27. The molecule has 2 amide bonds. The minimum absolute atomic E-state index is 0.0478. The van der Waals surface area contributed by atoms with Crippen molar-refractivity contribution in [1.82, 2.24) is 14.9 Å². The highest BCUT2D eigenvalue weighted by atomic mass is 32.2. The fourth-order valence-electron chi connectivity index (χ4n) is 4.15. The molecular formula is C26H35N3O6S. The second kappa shape index (κ2) is 12.2. The molecule has 0 bridgehead atoms. The van der Waals surface area contributed by atoms with Crippen LogP contribution >= 0.6 is 0 Å². The number of rotatable bonds is 10. The molecule has 3 rings (SSSR count). The van der Waals surface area contributed by atoms with E-state index in [0.717, 1.165) is 6.42 Å². The number of carbonyl (C=O) groups excluding carboxylic acids is 2. The molecule has 9 nitrogen and oxygen atoms in total. The van der Waals surface area contributed by atoms with E-state index in [1.807, 2.05) is 13.8 Å². The lowest BCUT2D eigenvalue weighted by Crippen LogP contribution is -2.55. The molecule has 2 atom stereocenters. The van der Waals surface area contributed by atoms with Gasteiger partial charge in [-0.05, 0) is 80.6 Å².